The number of fused-ring (bicyclic) bond motifs is 2. The number of ether oxygens (including phenoxy) is 1. The Labute approximate surface area is 397 Å². The van der Waals surface area contributed by atoms with Gasteiger partial charge in [-0.05, 0) is 111 Å². The molecule has 0 saturated carbocycles. The van der Waals surface area contributed by atoms with Crippen molar-refractivity contribution in [1.29, 1.82) is 0 Å². The molecule has 14 heteroatoms. The lowest BCUT2D eigenvalue weighted by atomic mass is 10.0. The Kier molecular flexibility index (Phi) is 16.4. The number of hydrogen-bond acceptors (Lipinski definition) is 11. The van der Waals surface area contributed by atoms with Crippen LogP contribution in [0.4, 0.5) is 0 Å². The van der Waals surface area contributed by atoms with Crippen LogP contribution in [-0.4, -0.2) is 67.9 Å². The van der Waals surface area contributed by atoms with Crippen molar-refractivity contribution in [3.05, 3.63) is 199 Å². The summed E-state index contributed by atoms with van der Waals surface area (Å²) in [6, 6.07) is 39.8. The first kappa shape index (κ1) is 48.9. The van der Waals surface area contributed by atoms with Crippen LogP contribution in [0.25, 0.3) is 21.8 Å². The number of thioether (sulfide) groups is 2. The number of ketones is 2. The lowest BCUT2D eigenvalue weighted by molar-refractivity contribution is 0.103. The molecule has 8 aromatic rings. The van der Waals surface area contributed by atoms with Crippen LogP contribution in [0.2, 0.25) is 0 Å². The van der Waals surface area contributed by atoms with Gasteiger partial charge in [-0.3, -0.25) is 28.3 Å². The summed E-state index contributed by atoms with van der Waals surface area (Å²) in [7, 11) is 7.49. The van der Waals surface area contributed by atoms with Gasteiger partial charge >= 0.3 is 0 Å². The molecule has 2 heterocycles. The molecule has 0 atom stereocenters. The topological polar surface area (TPSA) is 137 Å². The van der Waals surface area contributed by atoms with Gasteiger partial charge in [0.15, 0.2) is 21.9 Å². The SMILES string of the molecule is Cc1cccc2nc(SCc3ccc(C(=O)c4ccc(O)cc4)cc3)n(C)c(=O)c12.Cc1cccc2nc(SCc3ccc(C(=O)c4ccc(OCCN(C)C)cc4)cc3)n(C)c(=O)c12.Cl. The first-order valence-electron chi connectivity index (χ1n) is 20.9. The maximum absolute atomic E-state index is 12.9. The summed E-state index contributed by atoms with van der Waals surface area (Å²) in [6.07, 6.45) is 0. The monoisotopic (exact) mass is 939 g/mol. The summed E-state index contributed by atoms with van der Waals surface area (Å²) in [5, 5.41) is 12.0. The van der Waals surface area contributed by atoms with E-state index in [1.54, 1.807) is 59.6 Å². The summed E-state index contributed by atoms with van der Waals surface area (Å²) in [4.78, 5) is 62.3. The quantitative estimate of drug-likeness (QED) is 0.0634. The van der Waals surface area contributed by atoms with Gasteiger partial charge in [-0.25, -0.2) is 9.97 Å². The van der Waals surface area contributed by atoms with Gasteiger partial charge in [0.05, 0.1) is 21.8 Å². The Morgan fingerprint density at radius 3 is 1.36 bits per heavy atom. The van der Waals surface area contributed by atoms with Crippen LogP contribution in [-0.2, 0) is 25.6 Å². The molecule has 0 aliphatic rings. The Balaban J connectivity index is 0.000000217. The highest BCUT2D eigenvalue weighted by Gasteiger charge is 2.15. The summed E-state index contributed by atoms with van der Waals surface area (Å²) in [5.41, 5.74) is 7.63. The second-order valence-corrected chi connectivity index (χ2v) is 17.7. The van der Waals surface area contributed by atoms with Gasteiger partial charge in [0, 0.05) is 54.4 Å². The molecule has 8 rings (SSSR count). The van der Waals surface area contributed by atoms with Crippen molar-refractivity contribution in [3.63, 3.8) is 0 Å². The minimum atomic E-state index is -0.0943. The fourth-order valence-electron chi connectivity index (χ4n) is 6.97. The van der Waals surface area contributed by atoms with Gasteiger partial charge in [-0.2, -0.15) is 0 Å². The number of carbonyl (C=O) groups excluding carboxylic acids is 2. The number of phenols is 1. The maximum Gasteiger partial charge on any atom is 0.262 e. The van der Waals surface area contributed by atoms with E-state index in [1.807, 2.05) is 113 Å². The van der Waals surface area contributed by atoms with Crippen LogP contribution in [0, 0.1) is 13.8 Å². The van der Waals surface area contributed by atoms with Gasteiger partial charge in [0.1, 0.15) is 18.1 Å². The molecule has 0 unspecified atom stereocenters. The molecule has 0 bridgehead atoms. The van der Waals surface area contributed by atoms with Crippen molar-refractivity contribution in [3.8, 4) is 11.5 Å². The zero-order valence-electron chi connectivity index (χ0n) is 37.5. The fraction of sp³-hybridized carbons (Fsp3) is 0.192. The molecule has 6 aromatic carbocycles. The molecule has 338 valence electrons. The molecule has 0 radical (unpaired) electrons. The largest absolute Gasteiger partial charge is 0.508 e. The second-order valence-electron chi connectivity index (χ2n) is 15.8. The van der Waals surface area contributed by atoms with Crippen LogP contribution < -0.4 is 15.9 Å². The minimum Gasteiger partial charge on any atom is -0.508 e. The Morgan fingerprint density at radius 2 is 0.970 bits per heavy atom. The van der Waals surface area contributed by atoms with Gasteiger partial charge in [0.25, 0.3) is 11.1 Å². The van der Waals surface area contributed by atoms with E-state index >= 15 is 0 Å². The predicted molar refractivity (Wildman–Crippen MR) is 268 cm³/mol. The average molecular weight is 941 g/mol. The van der Waals surface area contributed by atoms with Crippen LogP contribution in [0.5, 0.6) is 11.5 Å². The normalized spacial score (nSPS) is 11.0. The maximum atomic E-state index is 12.9. The molecule has 0 saturated heterocycles. The molecule has 1 N–H and O–H groups in total. The number of nitrogens with zero attached hydrogens (tertiary/aromatic N) is 5. The second kappa shape index (κ2) is 22.1. The molecule has 66 heavy (non-hydrogen) atoms. The summed E-state index contributed by atoms with van der Waals surface area (Å²) < 4.78 is 8.89. The van der Waals surface area contributed by atoms with E-state index in [2.05, 4.69) is 9.88 Å². The number of hydrogen-bond donors (Lipinski definition) is 1. The Hall–Kier alpha value is -6.51. The number of rotatable bonds is 14. The van der Waals surface area contributed by atoms with Gasteiger partial charge < -0.3 is 14.7 Å². The van der Waals surface area contributed by atoms with E-state index < -0.39 is 0 Å². The molecular weight excluding hydrogens is 890 g/mol. The lowest BCUT2D eigenvalue weighted by Crippen LogP contribution is -2.20. The van der Waals surface area contributed by atoms with E-state index in [1.165, 1.54) is 35.7 Å². The highest BCUT2D eigenvalue weighted by molar-refractivity contribution is 7.98. The summed E-state index contributed by atoms with van der Waals surface area (Å²) in [5.74, 6) is 2.03. The van der Waals surface area contributed by atoms with Gasteiger partial charge in [-0.1, -0.05) is 96.3 Å². The predicted octanol–water partition coefficient (Wildman–Crippen LogP) is 9.60. The minimum absolute atomic E-state index is 0. The summed E-state index contributed by atoms with van der Waals surface area (Å²) >= 11 is 2.99. The van der Waals surface area contributed by atoms with Crippen molar-refractivity contribution in [1.82, 2.24) is 24.0 Å². The molecular formula is C52H50ClN5O6S2. The molecule has 0 aliphatic heterocycles. The number of aromatic hydroxyl groups is 1. The first-order chi connectivity index (χ1) is 31.3. The van der Waals surface area contributed by atoms with Crippen LogP contribution >= 0.6 is 35.9 Å². The average Bonchev–Trinajstić information content (AvgIpc) is 3.31. The molecule has 2 aromatic heterocycles. The number of phenolic OH excluding ortho intramolecular Hbond substituents is 1. The van der Waals surface area contributed by atoms with Crippen LogP contribution in [0.1, 0.15) is 54.1 Å². The zero-order chi connectivity index (χ0) is 46.2. The van der Waals surface area contributed by atoms with Crippen molar-refractivity contribution in [2.24, 2.45) is 14.1 Å². The van der Waals surface area contributed by atoms with Crippen LogP contribution in [0.15, 0.2) is 153 Å². The zero-order valence-corrected chi connectivity index (χ0v) is 39.9. The number of carbonyl (C=O) groups is 2. The fourth-order valence-corrected chi connectivity index (χ4v) is 8.82. The number of aryl methyl sites for hydroxylation is 2. The molecule has 11 nitrogen and oxygen atoms in total. The van der Waals surface area contributed by atoms with E-state index in [0.29, 0.717) is 72.5 Å². The smallest absolute Gasteiger partial charge is 0.262 e. The van der Waals surface area contributed by atoms with Gasteiger partial charge in [0.2, 0.25) is 0 Å². The third kappa shape index (κ3) is 11.6. The van der Waals surface area contributed by atoms with Crippen molar-refractivity contribution in [2.75, 3.05) is 27.2 Å². The highest BCUT2D eigenvalue weighted by atomic mass is 35.5. The van der Waals surface area contributed by atoms with Crippen molar-refractivity contribution in [2.45, 2.75) is 35.7 Å². The molecule has 0 aliphatic carbocycles. The van der Waals surface area contributed by atoms with E-state index in [-0.39, 0.29) is 40.8 Å². The first-order valence-corrected chi connectivity index (χ1v) is 22.9. The number of halogens is 1. The van der Waals surface area contributed by atoms with E-state index in [9.17, 15) is 24.3 Å². The third-order valence-electron chi connectivity index (χ3n) is 10.8. The van der Waals surface area contributed by atoms with Crippen molar-refractivity contribution < 1.29 is 19.4 Å². The standard InChI is InChI=1S/C28H29N3O3S.C24H20N2O3S.ClH/c1-19-6-5-7-24-25(19)27(33)31(4)28(29-24)35-18-20-8-10-21(11-9-20)26(32)22-12-14-23(15-13-22)34-17-16-30(2)3;1-15-4-3-5-20-21(15)23(29)26(2)24(25-20)30-14-16-6-8-17(9-7-16)22(28)18-10-12-19(27)13-11-18;/h5-15H,16-18H2,1-4H3;3-13,27H,14H2,1-2H3;1H. The van der Waals surface area contributed by atoms with E-state index in [4.69, 9.17) is 9.72 Å². The number of aromatic nitrogens is 4. The van der Waals surface area contributed by atoms with Gasteiger partial charge in [-0.15, -0.1) is 12.4 Å². The molecule has 0 fully saturated rings. The number of likely N-dealkylation sites (N-methyl/N-ethyl adjacent to an activating group) is 1. The lowest BCUT2D eigenvalue weighted by Gasteiger charge is -2.11. The number of benzene rings is 6. The highest BCUT2D eigenvalue weighted by Crippen LogP contribution is 2.26. The summed E-state index contributed by atoms with van der Waals surface area (Å²) in [6.45, 7) is 5.27. The Morgan fingerprint density at radius 1 is 0.591 bits per heavy atom. The Bertz CT molecular complexity index is 3120. The van der Waals surface area contributed by atoms with Crippen LogP contribution in [0.3, 0.4) is 0 Å². The molecule has 0 amide bonds. The third-order valence-corrected chi connectivity index (χ3v) is 13.0. The van der Waals surface area contributed by atoms with E-state index in [0.717, 1.165) is 34.5 Å². The molecule has 0 spiro atoms. The van der Waals surface area contributed by atoms with Crippen molar-refractivity contribution >= 4 is 69.3 Å².